The lowest BCUT2D eigenvalue weighted by atomic mass is 10.0. The number of benzene rings is 2. The summed E-state index contributed by atoms with van der Waals surface area (Å²) in [5.41, 5.74) is 3.61. The van der Waals surface area contributed by atoms with E-state index in [4.69, 9.17) is 0 Å². The maximum atomic E-state index is 13.4. The molecule has 2 aromatic carbocycles. The summed E-state index contributed by atoms with van der Waals surface area (Å²) in [6, 6.07) is 16.7. The van der Waals surface area contributed by atoms with Gasteiger partial charge >= 0.3 is 0 Å². The van der Waals surface area contributed by atoms with E-state index in [0.29, 0.717) is 0 Å². The SMILES string of the molecule is CCCc1c(C(=O)N2CCCc3ccccc32)sc2ccccc12. The van der Waals surface area contributed by atoms with Gasteiger partial charge in [0, 0.05) is 16.9 Å². The molecule has 122 valence electrons. The van der Waals surface area contributed by atoms with Crippen molar-refractivity contribution in [3.05, 3.63) is 64.5 Å². The molecule has 0 bridgehead atoms. The van der Waals surface area contributed by atoms with Crippen molar-refractivity contribution in [3.63, 3.8) is 0 Å². The number of carbonyl (C=O) groups excluding carboxylic acids is 1. The topological polar surface area (TPSA) is 20.3 Å². The minimum absolute atomic E-state index is 0.173. The van der Waals surface area contributed by atoms with Crippen LogP contribution in [0.3, 0.4) is 0 Å². The Morgan fingerprint density at radius 2 is 1.92 bits per heavy atom. The molecule has 3 aromatic rings. The highest BCUT2D eigenvalue weighted by atomic mass is 32.1. The zero-order chi connectivity index (χ0) is 16.5. The lowest BCUT2D eigenvalue weighted by molar-refractivity contribution is 0.0988. The smallest absolute Gasteiger partial charge is 0.268 e. The van der Waals surface area contributed by atoms with Crippen molar-refractivity contribution in [2.24, 2.45) is 0 Å². The number of para-hydroxylation sites is 1. The van der Waals surface area contributed by atoms with Crippen molar-refractivity contribution >= 4 is 33.0 Å². The molecule has 4 rings (SSSR count). The number of aryl methyl sites for hydroxylation is 2. The Hall–Kier alpha value is -2.13. The Balaban J connectivity index is 1.81. The molecule has 1 aliphatic heterocycles. The second-order valence-corrected chi connectivity index (χ2v) is 7.40. The van der Waals surface area contributed by atoms with Crippen LogP contribution in [-0.2, 0) is 12.8 Å². The molecule has 0 spiro atoms. The summed E-state index contributed by atoms with van der Waals surface area (Å²) in [6.45, 7) is 2.99. The van der Waals surface area contributed by atoms with E-state index >= 15 is 0 Å². The van der Waals surface area contributed by atoms with Crippen LogP contribution in [0.15, 0.2) is 48.5 Å². The summed E-state index contributed by atoms with van der Waals surface area (Å²) in [4.78, 5) is 16.3. The Labute approximate surface area is 146 Å². The molecule has 0 aliphatic carbocycles. The molecule has 2 nitrogen and oxygen atoms in total. The van der Waals surface area contributed by atoms with E-state index in [0.717, 1.165) is 42.8 Å². The minimum Gasteiger partial charge on any atom is -0.307 e. The Morgan fingerprint density at radius 3 is 2.79 bits per heavy atom. The predicted molar refractivity (Wildman–Crippen MR) is 102 cm³/mol. The van der Waals surface area contributed by atoms with Crippen molar-refractivity contribution in [2.75, 3.05) is 11.4 Å². The maximum absolute atomic E-state index is 13.4. The number of hydrogen-bond acceptors (Lipinski definition) is 2. The van der Waals surface area contributed by atoms with Gasteiger partial charge in [0.1, 0.15) is 0 Å². The number of fused-ring (bicyclic) bond motifs is 2. The highest BCUT2D eigenvalue weighted by Gasteiger charge is 2.27. The zero-order valence-electron chi connectivity index (χ0n) is 13.9. The fraction of sp³-hybridized carbons (Fsp3) is 0.286. The van der Waals surface area contributed by atoms with Crippen LogP contribution in [0.4, 0.5) is 5.69 Å². The van der Waals surface area contributed by atoms with Crippen LogP contribution in [0.2, 0.25) is 0 Å². The quantitative estimate of drug-likeness (QED) is 0.623. The number of nitrogens with zero attached hydrogens (tertiary/aromatic N) is 1. The third-order valence-corrected chi connectivity index (χ3v) is 5.95. The molecular weight excluding hydrogens is 314 g/mol. The van der Waals surface area contributed by atoms with Crippen molar-refractivity contribution < 1.29 is 4.79 Å². The number of hydrogen-bond donors (Lipinski definition) is 0. The summed E-state index contributed by atoms with van der Waals surface area (Å²) in [5, 5.41) is 1.25. The molecule has 0 unspecified atom stereocenters. The summed E-state index contributed by atoms with van der Waals surface area (Å²) < 4.78 is 1.22. The lowest BCUT2D eigenvalue weighted by Gasteiger charge is -2.29. The number of rotatable bonds is 3. The second-order valence-electron chi connectivity index (χ2n) is 6.34. The lowest BCUT2D eigenvalue weighted by Crippen LogP contribution is -2.35. The fourth-order valence-corrected chi connectivity index (χ4v) is 4.84. The number of anilines is 1. The highest BCUT2D eigenvalue weighted by molar-refractivity contribution is 7.21. The van der Waals surface area contributed by atoms with Crippen LogP contribution in [0, 0.1) is 0 Å². The Morgan fingerprint density at radius 1 is 1.12 bits per heavy atom. The first-order valence-corrected chi connectivity index (χ1v) is 9.51. The normalized spacial score (nSPS) is 14.0. The Kier molecular flexibility index (Phi) is 4.11. The van der Waals surface area contributed by atoms with Crippen LogP contribution in [0.1, 0.15) is 40.6 Å². The molecule has 1 aromatic heterocycles. The first-order valence-electron chi connectivity index (χ1n) is 8.69. The van der Waals surface area contributed by atoms with Gasteiger partial charge in [-0.2, -0.15) is 0 Å². The van der Waals surface area contributed by atoms with Crippen molar-refractivity contribution in [1.29, 1.82) is 0 Å². The largest absolute Gasteiger partial charge is 0.307 e. The van der Waals surface area contributed by atoms with E-state index in [1.807, 2.05) is 11.0 Å². The molecule has 1 amide bonds. The van der Waals surface area contributed by atoms with Crippen LogP contribution >= 0.6 is 11.3 Å². The van der Waals surface area contributed by atoms with E-state index in [2.05, 4.69) is 49.4 Å². The number of carbonyl (C=O) groups is 1. The molecule has 0 saturated heterocycles. The van der Waals surface area contributed by atoms with Crippen molar-refractivity contribution in [3.8, 4) is 0 Å². The molecule has 1 aliphatic rings. The highest BCUT2D eigenvalue weighted by Crippen LogP contribution is 2.35. The van der Waals surface area contributed by atoms with Crippen LogP contribution in [0.5, 0.6) is 0 Å². The maximum Gasteiger partial charge on any atom is 0.268 e. The fourth-order valence-electron chi connectivity index (χ4n) is 3.64. The molecule has 0 fully saturated rings. The van der Waals surface area contributed by atoms with Crippen molar-refractivity contribution in [2.45, 2.75) is 32.6 Å². The molecule has 0 N–H and O–H groups in total. The van der Waals surface area contributed by atoms with E-state index in [1.165, 1.54) is 21.2 Å². The van der Waals surface area contributed by atoms with Gasteiger partial charge in [-0.3, -0.25) is 4.79 Å². The van der Waals surface area contributed by atoms with E-state index in [-0.39, 0.29) is 5.91 Å². The van der Waals surface area contributed by atoms with Gasteiger partial charge in [-0.25, -0.2) is 0 Å². The van der Waals surface area contributed by atoms with E-state index < -0.39 is 0 Å². The summed E-state index contributed by atoms with van der Waals surface area (Å²) in [7, 11) is 0. The van der Waals surface area contributed by atoms with E-state index in [1.54, 1.807) is 11.3 Å². The molecule has 2 heterocycles. The monoisotopic (exact) mass is 335 g/mol. The Bertz CT molecular complexity index is 896. The summed E-state index contributed by atoms with van der Waals surface area (Å²) >= 11 is 1.65. The van der Waals surface area contributed by atoms with Gasteiger partial charge in [0.25, 0.3) is 5.91 Å². The zero-order valence-corrected chi connectivity index (χ0v) is 14.7. The van der Waals surface area contributed by atoms with Crippen LogP contribution < -0.4 is 4.90 Å². The standard InChI is InChI=1S/C21H21NOS/c1-2-8-17-16-11-4-6-13-19(16)24-20(17)21(23)22-14-7-10-15-9-3-5-12-18(15)22/h3-6,9,11-13H,2,7-8,10,14H2,1H3. The average Bonchev–Trinajstić information content (AvgIpc) is 3.00. The molecular formula is C21H21NOS. The van der Waals surface area contributed by atoms with Gasteiger partial charge < -0.3 is 4.90 Å². The van der Waals surface area contributed by atoms with Gasteiger partial charge in [-0.15, -0.1) is 11.3 Å². The number of amides is 1. The van der Waals surface area contributed by atoms with Gasteiger partial charge in [0.05, 0.1) is 4.88 Å². The third kappa shape index (κ3) is 2.53. The molecule has 24 heavy (non-hydrogen) atoms. The predicted octanol–water partition coefficient (Wildman–Crippen LogP) is 5.45. The van der Waals surface area contributed by atoms with Gasteiger partial charge in [0.2, 0.25) is 0 Å². The molecule has 0 atom stereocenters. The minimum atomic E-state index is 0.173. The van der Waals surface area contributed by atoms with Crippen molar-refractivity contribution in [1.82, 2.24) is 0 Å². The van der Waals surface area contributed by atoms with Crippen LogP contribution in [-0.4, -0.2) is 12.5 Å². The van der Waals surface area contributed by atoms with Crippen LogP contribution in [0.25, 0.3) is 10.1 Å². The second kappa shape index (κ2) is 6.40. The first kappa shape index (κ1) is 15.4. The molecule has 0 radical (unpaired) electrons. The van der Waals surface area contributed by atoms with E-state index in [9.17, 15) is 4.79 Å². The third-order valence-electron chi connectivity index (χ3n) is 4.75. The van der Waals surface area contributed by atoms with Gasteiger partial charge in [0.15, 0.2) is 0 Å². The first-order chi connectivity index (χ1) is 11.8. The summed E-state index contributed by atoms with van der Waals surface area (Å²) in [6.07, 6.45) is 4.11. The van der Waals surface area contributed by atoms with Gasteiger partial charge in [-0.05, 0) is 47.9 Å². The molecule has 0 saturated carbocycles. The molecule has 3 heteroatoms. The van der Waals surface area contributed by atoms with Gasteiger partial charge in [-0.1, -0.05) is 49.7 Å². The number of thiophene rings is 1. The average molecular weight is 335 g/mol. The summed E-state index contributed by atoms with van der Waals surface area (Å²) in [5.74, 6) is 0.173.